The van der Waals surface area contributed by atoms with E-state index in [2.05, 4.69) is 52.2 Å². The van der Waals surface area contributed by atoms with Crippen LogP contribution in [-0.4, -0.2) is 60.5 Å². The number of hydrogen-bond acceptors (Lipinski definition) is 7. The van der Waals surface area contributed by atoms with Gasteiger partial charge in [-0.25, -0.2) is 4.98 Å². The third kappa shape index (κ3) is 6.44. The molecule has 8 nitrogen and oxygen atoms in total. The zero-order chi connectivity index (χ0) is 28.9. The summed E-state index contributed by atoms with van der Waals surface area (Å²) in [5.41, 5.74) is 6.15. The number of anilines is 2. The Morgan fingerprint density at radius 3 is 2.66 bits per heavy atom. The number of benzene rings is 1. The molecule has 0 spiro atoms. The first kappa shape index (κ1) is 28.8. The van der Waals surface area contributed by atoms with E-state index in [1.54, 1.807) is 25.7 Å². The molecule has 2 aromatic heterocycles. The van der Waals surface area contributed by atoms with E-state index in [9.17, 15) is 4.79 Å². The minimum absolute atomic E-state index is 0.175. The molecule has 0 bridgehead atoms. The Hall–Kier alpha value is -3.75. The number of hydrogen-bond donors (Lipinski definition) is 2. The smallest absolute Gasteiger partial charge is 0.259 e. The second-order valence-corrected chi connectivity index (χ2v) is 11.1. The SMILES string of the molecule is CCC(C)=C(C=N/C=C(\C)c1cc2cc[nH]c(=O)c2c(Nc2ccc(C3CCN(C4COC4)CC3)c(C)c2)n1)OC. The Morgan fingerprint density at radius 2 is 2.00 bits per heavy atom. The van der Waals surface area contributed by atoms with Crippen LogP contribution in [0.3, 0.4) is 0 Å². The summed E-state index contributed by atoms with van der Waals surface area (Å²) in [5.74, 6) is 1.85. The zero-order valence-electron chi connectivity index (χ0n) is 24.8. The number of aromatic nitrogens is 2. The van der Waals surface area contributed by atoms with Gasteiger partial charge in [0.25, 0.3) is 5.56 Å². The molecule has 4 heterocycles. The lowest BCUT2D eigenvalue weighted by molar-refractivity contribution is -0.0712. The van der Waals surface area contributed by atoms with Gasteiger partial charge in [-0.1, -0.05) is 13.0 Å². The van der Waals surface area contributed by atoms with Gasteiger partial charge in [-0.15, -0.1) is 0 Å². The van der Waals surface area contributed by atoms with Crippen molar-refractivity contribution < 1.29 is 9.47 Å². The van der Waals surface area contributed by atoms with Gasteiger partial charge in [0, 0.05) is 18.1 Å². The van der Waals surface area contributed by atoms with Gasteiger partial charge in [0.15, 0.2) is 0 Å². The van der Waals surface area contributed by atoms with Crippen molar-refractivity contribution in [2.45, 2.75) is 58.9 Å². The summed E-state index contributed by atoms with van der Waals surface area (Å²) in [6, 6.07) is 10.9. The number of likely N-dealkylation sites (tertiary alicyclic amines) is 1. The normalized spacial score (nSPS) is 18.0. The molecule has 2 fully saturated rings. The maximum atomic E-state index is 12.9. The van der Waals surface area contributed by atoms with Gasteiger partial charge >= 0.3 is 0 Å². The number of nitrogens with one attached hydrogen (secondary N) is 2. The summed E-state index contributed by atoms with van der Waals surface area (Å²) in [7, 11) is 1.65. The zero-order valence-corrected chi connectivity index (χ0v) is 24.8. The molecule has 216 valence electrons. The van der Waals surface area contributed by atoms with Crippen molar-refractivity contribution in [3.63, 3.8) is 0 Å². The van der Waals surface area contributed by atoms with Crippen LogP contribution in [0.2, 0.25) is 0 Å². The molecule has 8 heteroatoms. The summed E-state index contributed by atoms with van der Waals surface area (Å²) in [5, 5.41) is 4.80. The lowest BCUT2D eigenvalue weighted by Crippen LogP contribution is -2.51. The summed E-state index contributed by atoms with van der Waals surface area (Å²) < 4.78 is 10.8. The lowest BCUT2D eigenvalue weighted by atomic mass is 9.86. The number of ether oxygens (including phenoxy) is 2. The van der Waals surface area contributed by atoms with Crippen LogP contribution in [0.5, 0.6) is 0 Å². The van der Waals surface area contributed by atoms with Crippen molar-refractivity contribution in [2.24, 2.45) is 4.99 Å². The quantitative estimate of drug-likeness (QED) is 0.237. The molecule has 0 unspecified atom stereocenters. The number of aryl methyl sites for hydroxylation is 1. The van der Waals surface area contributed by atoms with Crippen LogP contribution in [0.15, 0.2) is 63.8 Å². The fourth-order valence-electron chi connectivity index (χ4n) is 5.66. The molecule has 0 atom stereocenters. The van der Waals surface area contributed by atoms with Crippen LogP contribution < -0.4 is 10.9 Å². The Kier molecular flexibility index (Phi) is 9.00. The van der Waals surface area contributed by atoms with Gasteiger partial charge in [0.05, 0.1) is 43.7 Å². The van der Waals surface area contributed by atoms with Gasteiger partial charge < -0.3 is 19.8 Å². The van der Waals surface area contributed by atoms with Crippen LogP contribution in [0, 0.1) is 6.92 Å². The molecular weight excluding hydrogens is 514 g/mol. The van der Waals surface area contributed by atoms with E-state index in [1.807, 2.05) is 26.0 Å². The third-order valence-electron chi connectivity index (χ3n) is 8.43. The molecule has 1 aromatic carbocycles. The van der Waals surface area contributed by atoms with Crippen LogP contribution in [0.25, 0.3) is 16.3 Å². The van der Waals surface area contributed by atoms with E-state index in [0.29, 0.717) is 23.2 Å². The van der Waals surface area contributed by atoms with Crippen molar-refractivity contribution >= 4 is 34.1 Å². The Bertz CT molecular complexity index is 1540. The van der Waals surface area contributed by atoms with Crippen LogP contribution in [0.1, 0.15) is 62.8 Å². The van der Waals surface area contributed by atoms with Gasteiger partial charge in [0.2, 0.25) is 0 Å². The molecule has 0 amide bonds. The number of piperidine rings is 1. The van der Waals surface area contributed by atoms with Crippen molar-refractivity contribution in [3.05, 3.63) is 81.2 Å². The molecule has 5 rings (SSSR count). The minimum atomic E-state index is -0.175. The largest absolute Gasteiger partial charge is 0.495 e. The predicted octanol–water partition coefficient (Wildman–Crippen LogP) is 6.32. The van der Waals surface area contributed by atoms with E-state index >= 15 is 0 Å². The number of aromatic amines is 1. The number of fused-ring (bicyclic) bond motifs is 1. The minimum Gasteiger partial charge on any atom is -0.495 e. The van der Waals surface area contributed by atoms with Gasteiger partial charge in [-0.2, -0.15) is 0 Å². The van der Waals surface area contributed by atoms with Crippen molar-refractivity contribution in [1.82, 2.24) is 14.9 Å². The van der Waals surface area contributed by atoms with Gasteiger partial charge in [0.1, 0.15) is 11.6 Å². The highest BCUT2D eigenvalue weighted by Gasteiger charge is 2.30. The number of methoxy groups -OCH3 is 1. The number of allylic oxidation sites excluding steroid dienone is 3. The van der Waals surface area contributed by atoms with E-state index < -0.39 is 0 Å². The van der Waals surface area contributed by atoms with E-state index in [1.165, 1.54) is 24.0 Å². The second kappa shape index (κ2) is 12.8. The van der Waals surface area contributed by atoms with Crippen LogP contribution in [-0.2, 0) is 9.47 Å². The van der Waals surface area contributed by atoms with Gasteiger partial charge in [-0.05, 0) is 111 Å². The highest BCUT2D eigenvalue weighted by molar-refractivity contribution is 5.94. The van der Waals surface area contributed by atoms with Crippen molar-refractivity contribution in [2.75, 3.05) is 38.7 Å². The van der Waals surface area contributed by atoms with E-state index in [4.69, 9.17) is 14.5 Å². The van der Waals surface area contributed by atoms with Gasteiger partial charge in [-0.3, -0.25) is 14.7 Å². The highest BCUT2D eigenvalue weighted by Crippen LogP contribution is 2.34. The number of pyridine rings is 2. The van der Waals surface area contributed by atoms with Crippen molar-refractivity contribution in [3.8, 4) is 0 Å². The lowest BCUT2D eigenvalue weighted by Gasteiger charge is -2.41. The second-order valence-electron chi connectivity index (χ2n) is 11.1. The van der Waals surface area contributed by atoms with Crippen LogP contribution in [0.4, 0.5) is 11.5 Å². The average Bonchev–Trinajstić information content (AvgIpc) is 2.94. The maximum absolute atomic E-state index is 12.9. The number of aliphatic imine (C=N–C) groups is 1. The monoisotopic (exact) mass is 555 g/mol. The molecule has 2 saturated heterocycles. The molecule has 2 aliphatic rings. The molecule has 2 N–H and O–H groups in total. The average molecular weight is 556 g/mol. The highest BCUT2D eigenvalue weighted by atomic mass is 16.5. The first-order valence-corrected chi connectivity index (χ1v) is 14.5. The summed E-state index contributed by atoms with van der Waals surface area (Å²) in [6.07, 6.45) is 8.39. The molecular formula is C33H41N5O3. The number of rotatable bonds is 9. The Labute approximate surface area is 242 Å². The summed E-state index contributed by atoms with van der Waals surface area (Å²) >= 11 is 0. The topological polar surface area (TPSA) is 91.8 Å². The molecule has 0 aliphatic carbocycles. The summed E-state index contributed by atoms with van der Waals surface area (Å²) in [6.45, 7) is 12.3. The first-order chi connectivity index (χ1) is 19.9. The first-order valence-electron chi connectivity index (χ1n) is 14.5. The fraction of sp³-hybridized carbons (Fsp3) is 0.424. The third-order valence-corrected chi connectivity index (χ3v) is 8.43. The number of nitrogens with zero attached hydrogens (tertiary/aromatic N) is 3. The molecule has 0 radical (unpaired) electrons. The summed E-state index contributed by atoms with van der Waals surface area (Å²) in [4.78, 5) is 27.6. The van der Waals surface area contributed by atoms with E-state index in [0.717, 1.165) is 66.4 Å². The molecule has 2 aliphatic heterocycles. The predicted molar refractivity (Wildman–Crippen MR) is 167 cm³/mol. The standard InChI is InChI=1S/C33H41N5O3/c1-6-21(2)30(40-5)18-34-17-23(4)29-16-25-9-12-35-33(39)31(25)32(37-29)36-26-7-8-28(22(3)15-26)24-10-13-38(14-11-24)27-19-41-20-27/h7-9,12,15-18,24,27H,6,10-11,13-14,19-20H2,1-5H3,(H,35,39)(H,36,37)/b23-17+,30-21?,34-18?. The van der Waals surface area contributed by atoms with Crippen LogP contribution >= 0.6 is 0 Å². The maximum Gasteiger partial charge on any atom is 0.259 e. The molecule has 0 saturated carbocycles. The fourth-order valence-corrected chi connectivity index (χ4v) is 5.66. The van der Waals surface area contributed by atoms with E-state index in [-0.39, 0.29) is 5.56 Å². The number of H-pyrrole nitrogens is 1. The Morgan fingerprint density at radius 1 is 1.22 bits per heavy atom. The molecule has 3 aromatic rings. The van der Waals surface area contributed by atoms with Crippen molar-refractivity contribution in [1.29, 1.82) is 0 Å². The Balaban J connectivity index is 1.39. The molecule has 41 heavy (non-hydrogen) atoms.